The van der Waals surface area contributed by atoms with Gasteiger partial charge in [0.2, 0.25) is 0 Å². The molecule has 21 heavy (non-hydrogen) atoms. The molecule has 0 aliphatic rings. The number of benzene rings is 2. The average Bonchev–Trinajstić information content (AvgIpc) is 2.45. The summed E-state index contributed by atoms with van der Waals surface area (Å²) >= 11 is 0. The van der Waals surface area contributed by atoms with Crippen molar-refractivity contribution in [2.24, 2.45) is 0 Å². The molecule has 1 atom stereocenters. The smallest absolute Gasteiger partial charge is 0.340 e. The Balaban J connectivity index is 2.47. The summed E-state index contributed by atoms with van der Waals surface area (Å²) in [6.07, 6.45) is -0.751. The van der Waals surface area contributed by atoms with Gasteiger partial charge in [0.25, 0.3) is 5.91 Å². The lowest BCUT2D eigenvalue weighted by Crippen LogP contribution is -2.35. The molecule has 2 aromatic rings. The first-order chi connectivity index (χ1) is 9.91. The van der Waals surface area contributed by atoms with Gasteiger partial charge in [-0.3, -0.25) is 4.79 Å². The molecule has 0 aliphatic heterocycles. The van der Waals surface area contributed by atoms with Crippen LogP contribution in [-0.4, -0.2) is 42.1 Å². The van der Waals surface area contributed by atoms with Gasteiger partial charge in [-0.15, -0.1) is 0 Å². The van der Waals surface area contributed by atoms with Crippen molar-refractivity contribution >= 4 is 22.6 Å². The standard InChI is InChI=1S/C16H17NO4/c1-10(15(18)17(2)3)21-13-9-8-11-6-4-5-7-12(11)14(13)16(19)20/h4-10H,1-3H3,(H,19,20). The number of amides is 1. The number of hydrogen-bond donors (Lipinski definition) is 1. The average molecular weight is 287 g/mol. The number of carboxylic acid groups (broad SMARTS) is 1. The van der Waals surface area contributed by atoms with Crippen molar-refractivity contribution in [1.29, 1.82) is 0 Å². The van der Waals surface area contributed by atoms with E-state index in [1.807, 2.05) is 12.1 Å². The van der Waals surface area contributed by atoms with Crippen LogP contribution in [0, 0.1) is 0 Å². The first-order valence-electron chi connectivity index (χ1n) is 6.54. The second-order valence-corrected chi connectivity index (χ2v) is 4.96. The van der Waals surface area contributed by atoms with Crippen molar-refractivity contribution in [3.05, 3.63) is 42.0 Å². The largest absolute Gasteiger partial charge is 0.480 e. The lowest BCUT2D eigenvalue weighted by Gasteiger charge is -2.19. The van der Waals surface area contributed by atoms with Crippen LogP contribution in [0.15, 0.2) is 36.4 Å². The highest BCUT2D eigenvalue weighted by Crippen LogP contribution is 2.29. The minimum absolute atomic E-state index is 0.0755. The minimum atomic E-state index is -1.08. The van der Waals surface area contributed by atoms with Crippen LogP contribution in [0.25, 0.3) is 10.8 Å². The van der Waals surface area contributed by atoms with Crippen LogP contribution in [0.5, 0.6) is 5.75 Å². The topological polar surface area (TPSA) is 66.8 Å². The lowest BCUT2D eigenvalue weighted by atomic mass is 10.0. The van der Waals surface area contributed by atoms with E-state index in [4.69, 9.17) is 4.74 Å². The second kappa shape index (κ2) is 5.83. The predicted octanol–water partition coefficient (Wildman–Crippen LogP) is 2.39. The first kappa shape index (κ1) is 14.8. The summed E-state index contributed by atoms with van der Waals surface area (Å²) in [5.41, 5.74) is 0.0755. The maximum atomic E-state index is 11.8. The van der Waals surface area contributed by atoms with E-state index in [0.29, 0.717) is 5.39 Å². The van der Waals surface area contributed by atoms with Gasteiger partial charge in [0.05, 0.1) is 0 Å². The number of rotatable bonds is 4. The van der Waals surface area contributed by atoms with Crippen molar-refractivity contribution in [1.82, 2.24) is 4.90 Å². The molecule has 5 heteroatoms. The molecule has 0 bridgehead atoms. The van der Waals surface area contributed by atoms with E-state index in [-0.39, 0.29) is 17.2 Å². The summed E-state index contributed by atoms with van der Waals surface area (Å²) in [7, 11) is 3.25. The molecule has 0 aromatic heterocycles. The Morgan fingerprint density at radius 1 is 1.14 bits per heavy atom. The van der Waals surface area contributed by atoms with E-state index in [2.05, 4.69) is 0 Å². The molecule has 110 valence electrons. The molecule has 2 rings (SSSR count). The molecular weight excluding hydrogens is 270 g/mol. The number of nitrogens with zero attached hydrogens (tertiary/aromatic N) is 1. The van der Waals surface area contributed by atoms with E-state index in [1.54, 1.807) is 45.3 Å². The SMILES string of the molecule is CC(Oc1ccc2ccccc2c1C(=O)O)C(=O)N(C)C. The Kier molecular flexibility index (Phi) is 4.12. The van der Waals surface area contributed by atoms with E-state index in [1.165, 1.54) is 4.90 Å². The van der Waals surface area contributed by atoms with Crippen molar-refractivity contribution < 1.29 is 19.4 Å². The zero-order chi connectivity index (χ0) is 15.6. The highest BCUT2D eigenvalue weighted by atomic mass is 16.5. The molecule has 5 nitrogen and oxygen atoms in total. The van der Waals surface area contributed by atoms with Gasteiger partial charge in [0.1, 0.15) is 11.3 Å². The molecular formula is C16H17NO4. The van der Waals surface area contributed by atoms with E-state index in [0.717, 1.165) is 5.39 Å². The van der Waals surface area contributed by atoms with Crippen molar-refractivity contribution in [2.45, 2.75) is 13.0 Å². The molecule has 0 radical (unpaired) electrons. The quantitative estimate of drug-likeness (QED) is 0.937. The first-order valence-corrected chi connectivity index (χ1v) is 6.54. The van der Waals surface area contributed by atoms with Crippen LogP contribution in [-0.2, 0) is 4.79 Å². The maximum absolute atomic E-state index is 11.8. The van der Waals surface area contributed by atoms with Gasteiger partial charge in [0.15, 0.2) is 6.10 Å². The molecule has 1 N–H and O–H groups in total. The highest BCUT2D eigenvalue weighted by molar-refractivity contribution is 6.06. The Hall–Kier alpha value is -2.56. The van der Waals surface area contributed by atoms with E-state index in [9.17, 15) is 14.7 Å². The molecule has 2 aromatic carbocycles. The van der Waals surface area contributed by atoms with Crippen LogP contribution in [0.4, 0.5) is 0 Å². The van der Waals surface area contributed by atoms with Crippen LogP contribution in [0.3, 0.4) is 0 Å². The number of hydrogen-bond acceptors (Lipinski definition) is 3. The number of carbonyl (C=O) groups is 2. The number of carbonyl (C=O) groups excluding carboxylic acids is 1. The summed E-state index contributed by atoms with van der Waals surface area (Å²) < 4.78 is 5.57. The van der Waals surface area contributed by atoms with Crippen molar-refractivity contribution in [2.75, 3.05) is 14.1 Å². The summed E-state index contributed by atoms with van der Waals surface area (Å²) in [5, 5.41) is 10.9. The van der Waals surface area contributed by atoms with Crippen LogP contribution in [0.2, 0.25) is 0 Å². The number of carboxylic acids is 1. The molecule has 1 unspecified atom stereocenters. The van der Waals surface area contributed by atoms with Crippen LogP contribution in [0.1, 0.15) is 17.3 Å². The van der Waals surface area contributed by atoms with Crippen molar-refractivity contribution in [3.8, 4) is 5.75 Å². The second-order valence-electron chi connectivity index (χ2n) is 4.96. The number of fused-ring (bicyclic) bond motifs is 1. The molecule has 0 spiro atoms. The molecule has 0 saturated carbocycles. The zero-order valence-electron chi connectivity index (χ0n) is 12.2. The summed E-state index contributed by atoms with van der Waals surface area (Å²) in [6, 6.07) is 10.5. The molecule has 0 fully saturated rings. The van der Waals surface area contributed by atoms with E-state index >= 15 is 0 Å². The third-order valence-electron chi connectivity index (χ3n) is 3.20. The van der Waals surface area contributed by atoms with Crippen molar-refractivity contribution in [3.63, 3.8) is 0 Å². The van der Waals surface area contributed by atoms with Gasteiger partial charge in [0, 0.05) is 14.1 Å². The third kappa shape index (κ3) is 2.97. The fraction of sp³-hybridized carbons (Fsp3) is 0.250. The van der Waals surface area contributed by atoms with Gasteiger partial charge in [-0.05, 0) is 23.8 Å². The molecule has 1 amide bonds. The summed E-state index contributed by atoms with van der Waals surface area (Å²) in [5.74, 6) is -1.10. The Bertz CT molecular complexity index is 694. The van der Waals surface area contributed by atoms with E-state index < -0.39 is 12.1 Å². The highest BCUT2D eigenvalue weighted by Gasteiger charge is 2.21. The van der Waals surface area contributed by atoms with Crippen LogP contribution < -0.4 is 4.74 Å². The number of aromatic carboxylic acids is 1. The Morgan fingerprint density at radius 2 is 1.81 bits per heavy atom. The third-order valence-corrected chi connectivity index (χ3v) is 3.20. The molecule has 0 saturated heterocycles. The summed E-state index contributed by atoms with van der Waals surface area (Å²) in [6.45, 7) is 1.60. The fourth-order valence-corrected chi connectivity index (χ4v) is 2.17. The minimum Gasteiger partial charge on any atom is -0.480 e. The molecule has 0 heterocycles. The normalized spacial score (nSPS) is 12.0. The molecule has 0 aliphatic carbocycles. The van der Waals surface area contributed by atoms with Crippen LogP contribution >= 0.6 is 0 Å². The van der Waals surface area contributed by atoms with Gasteiger partial charge in [-0.2, -0.15) is 0 Å². The Morgan fingerprint density at radius 3 is 2.43 bits per heavy atom. The Labute approximate surface area is 122 Å². The zero-order valence-corrected chi connectivity index (χ0v) is 12.2. The number of likely N-dealkylation sites (N-methyl/N-ethyl adjacent to an activating group) is 1. The summed E-state index contributed by atoms with van der Waals surface area (Å²) in [4.78, 5) is 24.8. The van der Waals surface area contributed by atoms with Gasteiger partial charge >= 0.3 is 5.97 Å². The van der Waals surface area contributed by atoms with Gasteiger partial charge in [-0.25, -0.2) is 4.79 Å². The van der Waals surface area contributed by atoms with Gasteiger partial charge in [-0.1, -0.05) is 30.3 Å². The van der Waals surface area contributed by atoms with Gasteiger partial charge < -0.3 is 14.7 Å². The fourth-order valence-electron chi connectivity index (χ4n) is 2.17. The maximum Gasteiger partial charge on any atom is 0.340 e. The number of ether oxygens (including phenoxy) is 1. The monoisotopic (exact) mass is 287 g/mol. The lowest BCUT2D eigenvalue weighted by molar-refractivity contribution is -0.135. The predicted molar refractivity (Wildman–Crippen MR) is 79.7 cm³/mol.